The molecular weight excluding hydrogens is 238 g/mol. The fourth-order valence-corrected chi connectivity index (χ4v) is 2.15. The van der Waals surface area contributed by atoms with E-state index in [-0.39, 0.29) is 11.8 Å². The maximum Gasteiger partial charge on any atom is 0.246 e. The molecule has 1 heterocycles. The predicted octanol–water partition coefficient (Wildman–Crippen LogP) is -0.417. The summed E-state index contributed by atoms with van der Waals surface area (Å²) in [4.78, 5) is 27.2. The number of nitrogens with one attached hydrogen (secondary N) is 1. The molecule has 0 aromatic carbocycles. The van der Waals surface area contributed by atoms with Gasteiger partial charge in [0.05, 0.1) is 0 Å². The Labute approximate surface area is 108 Å². The Kier molecular flexibility index (Phi) is 5.27. The molecule has 2 unspecified atom stereocenters. The van der Waals surface area contributed by atoms with Gasteiger partial charge in [-0.15, -0.1) is 0 Å². The molecule has 6 heteroatoms. The monoisotopic (exact) mass is 259 g/mol. The normalized spacial score (nSPS) is 23.3. The first kappa shape index (κ1) is 14.3. The molecule has 1 aliphatic heterocycles. The maximum atomic E-state index is 12.2. The van der Waals surface area contributed by atoms with Gasteiger partial charge in [-0.2, -0.15) is 12.6 Å². The van der Waals surface area contributed by atoms with Crippen LogP contribution in [0, 0.1) is 0 Å². The van der Waals surface area contributed by atoms with Gasteiger partial charge >= 0.3 is 0 Å². The van der Waals surface area contributed by atoms with E-state index in [1.165, 1.54) is 6.92 Å². The number of piperazine rings is 1. The number of hydrogen-bond donors (Lipinski definition) is 2. The Morgan fingerprint density at radius 3 is 2.59 bits per heavy atom. The van der Waals surface area contributed by atoms with Crippen LogP contribution in [0.25, 0.3) is 0 Å². The minimum atomic E-state index is -0.508. The molecule has 2 atom stereocenters. The van der Waals surface area contributed by atoms with Gasteiger partial charge in [0.15, 0.2) is 0 Å². The van der Waals surface area contributed by atoms with E-state index in [4.69, 9.17) is 0 Å². The van der Waals surface area contributed by atoms with E-state index in [0.717, 1.165) is 6.54 Å². The fourth-order valence-electron chi connectivity index (χ4n) is 1.90. The fraction of sp³-hybridized carbons (Fsp3) is 0.818. The highest BCUT2D eigenvalue weighted by atomic mass is 32.1. The first-order valence-electron chi connectivity index (χ1n) is 5.82. The van der Waals surface area contributed by atoms with Crippen molar-refractivity contribution in [3.05, 3.63) is 0 Å². The summed E-state index contributed by atoms with van der Waals surface area (Å²) in [5, 5.41) is 2.63. The highest BCUT2D eigenvalue weighted by Gasteiger charge is 2.29. The number of likely N-dealkylation sites (N-methyl/N-ethyl adjacent to an activating group) is 1. The highest BCUT2D eigenvalue weighted by molar-refractivity contribution is 7.80. The third-order valence-electron chi connectivity index (χ3n) is 3.13. The van der Waals surface area contributed by atoms with Gasteiger partial charge in [0.25, 0.3) is 0 Å². The van der Waals surface area contributed by atoms with Crippen LogP contribution in [0.2, 0.25) is 0 Å². The molecule has 5 nitrogen and oxygen atoms in total. The van der Waals surface area contributed by atoms with Gasteiger partial charge < -0.3 is 15.1 Å². The first-order valence-corrected chi connectivity index (χ1v) is 6.46. The summed E-state index contributed by atoms with van der Waals surface area (Å²) in [7, 11) is 2.05. The zero-order valence-electron chi connectivity index (χ0n) is 10.6. The van der Waals surface area contributed by atoms with E-state index in [1.807, 2.05) is 4.90 Å². The van der Waals surface area contributed by atoms with Crippen LogP contribution in [0.1, 0.15) is 13.8 Å². The molecule has 2 amide bonds. The number of nitrogens with zero attached hydrogens (tertiary/aromatic N) is 2. The lowest BCUT2D eigenvalue weighted by molar-refractivity contribution is -0.137. The molecular formula is C11H21N3O2S. The number of rotatable bonds is 3. The minimum absolute atomic E-state index is 0.0323. The number of amides is 2. The van der Waals surface area contributed by atoms with Crippen LogP contribution in [0.5, 0.6) is 0 Å². The molecule has 0 aromatic heterocycles. The Morgan fingerprint density at radius 2 is 2.12 bits per heavy atom. The molecule has 0 bridgehead atoms. The zero-order valence-corrected chi connectivity index (χ0v) is 11.5. The molecule has 1 rings (SSSR count). The van der Waals surface area contributed by atoms with Crippen LogP contribution in [-0.4, -0.2) is 66.1 Å². The SMILES string of the molecule is CC(=O)NC(CS)C(=O)N1CCN(C)C(C)C1. The van der Waals surface area contributed by atoms with Crippen molar-refractivity contribution < 1.29 is 9.59 Å². The van der Waals surface area contributed by atoms with Gasteiger partial charge in [0.1, 0.15) is 6.04 Å². The molecule has 0 aromatic rings. The Morgan fingerprint density at radius 1 is 1.47 bits per heavy atom. The minimum Gasteiger partial charge on any atom is -0.344 e. The molecule has 0 radical (unpaired) electrons. The summed E-state index contributed by atoms with van der Waals surface area (Å²) in [5.74, 6) is 0.105. The van der Waals surface area contributed by atoms with Crippen molar-refractivity contribution in [2.45, 2.75) is 25.9 Å². The zero-order chi connectivity index (χ0) is 13.0. The van der Waals surface area contributed by atoms with Crippen molar-refractivity contribution >= 4 is 24.4 Å². The molecule has 98 valence electrons. The second kappa shape index (κ2) is 6.26. The van der Waals surface area contributed by atoms with Crippen molar-refractivity contribution in [1.29, 1.82) is 0 Å². The quantitative estimate of drug-likeness (QED) is 0.677. The lowest BCUT2D eigenvalue weighted by Gasteiger charge is -2.39. The number of hydrogen-bond acceptors (Lipinski definition) is 4. The maximum absolute atomic E-state index is 12.2. The van der Waals surface area contributed by atoms with Crippen molar-refractivity contribution in [2.24, 2.45) is 0 Å². The van der Waals surface area contributed by atoms with Gasteiger partial charge in [-0.05, 0) is 14.0 Å². The van der Waals surface area contributed by atoms with Gasteiger partial charge in [-0.1, -0.05) is 0 Å². The second-order valence-electron chi connectivity index (χ2n) is 4.55. The van der Waals surface area contributed by atoms with Crippen LogP contribution < -0.4 is 5.32 Å². The largest absolute Gasteiger partial charge is 0.344 e. The third-order valence-corrected chi connectivity index (χ3v) is 3.49. The number of carbonyl (C=O) groups is 2. The van der Waals surface area contributed by atoms with Gasteiger partial charge in [0, 0.05) is 38.4 Å². The first-order chi connectivity index (χ1) is 7.95. The Balaban J connectivity index is 2.59. The average Bonchev–Trinajstić information content (AvgIpc) is 2.28. The Hall–Kier alpha value is -0.750. The standard InChI is InChI=1S/C11H21N3O2S/c1-8-6-14(5-4-13(8)3)11(16)10(7-17)12-9(2)15/h8,10,17H,4-7H2,1-3H3,(H,12,15). The molecule has 17 heavy (non-hydrogen) atoms. The van der Waals surface area contributed by atoms with E-state index in [9.17, 15) is 9.59 Å². The summed E-state index contributed by atoms with van der Waals surface area (Å²) in [5.41, 5.74) is 0. The van der Waals surface area contributed by atoms with E-state index >= 15 is 0 Å². The Bertz CT molecular complexity index is 298. The predicted molar refractivity (Wildman–Crippen MR) is 70.1 cm³/mol. The smallest absolute Gasteiger partial charge is 0.246 e. The van der Waals surface area contributed by atoms with E-state index in [2.05, 4.69) is 36.8 Å². The molecule has 1 N–H and O–H groups in total. The number of carbonyl (C=O) groups excluding carboxylic acids is 2. The van der Waals surface area contributed by atoms with Gasteiger partial charge in [0.2, 0.25) is 11.8 Å². The topological polar surface area (TPSA) is 52.7 Å². The summed E-state index contributed by atoms with van der Waals surface area (Å²) in [6.45, 7) is 5.79. The average molecular weight is 259 g/mol. The van der Waals surface area contributed by atoms with E-state index in [0.29, 0.717) is 24.9 Å². The van der Waals surface area contributed by atoms with Crippen molar-refractivity contribution in [3.8, 4) is 0 Å². The lowest BCUT2D eigenvalue weighted by Crippen LogP contribution is -2.57. The molecule has 0 aliphatic carbocycles. The number of thiol groups is 1. The summed E-state index contributed by atoms with van der Waals surface area (Å²) >= 11 is 4.12. The van der Waals surface area contributed by atoms with Crippen LogP contribution in [0.3, 0.4) is 0 Å². The molecule has 1 aliphatic rings. The van der Waals surface area contributed by atoms with Gasteiger partial charge in [-0.25, -0.2) is 0 Å². The summed E-state index contributed by atoms with van der Waals surface area (Å²) < 4.78 is 0. The summed E-state index contributed by atoms with van der Waals surface area (Å²) in [6.07, 6.45) is 0. The third kappa shape index (κ3) is 3.89. The molecule has 0 spiro atoms. The lowest BCUT2D eigenvalue weighted by atomic mass is 10.1. The van der Waals surface area contributed by atoms with Crippen LogP contribution >= 0.6 is 12.6 Å². The summed E-state index contributed by atoms with van der Waals surface area (Å²) in [6, 6.07) is -0.156. The molecule has 1 saturated heterocycles. The van der Waals surface area contributed by atoms with Crippen molar-refractivity contribution in [1.82, 2.24) is 15.1 Å². The van der Waals surface area contributed by atoms with Crippen molar-refractivity contribution in [3.63, 3.8) is 0 Å². The van der Waals surface area contributed by atoms with Crippen molar-refractivity contribution in [2.75, 3.05) is 32.4 Å². The van der Waals surface area contributed by atoms with Crippen LogP contribution in [-0.2, 0) is 9.59 Å². The van der Waals surface area contributed by atoms with E-state index < -0.39 is 6.04 Å². The van der Waals surface area contributed by atoms with Gasteiger partial charge in [-0.3, -0.25) is 9.59 Å². The molecule has 0 saturated carbocycles. The van der Waals surface area contributed by atoms with Crippen LogP contribution in [0.4, 0.5) is 0 Å². The molecule has 1 fully saturated rings. The van der Waals surface area contributed by atoms with E-state index in [1.54, 1.807) is 0 Å². The highest BCUT2D eigenvalue weighted by Crippen LogP contribution is 2.09. The van der Waals surface area contributed by atoms with Crippen LogP contribution in [0.15, 0.2) is 0 Å². The second-order valence-corrected chi connectivity index (χ2v) is 4.91.